The van der Waals surface area contributed by atoms with Crippen molar-refractivity contribution in [3.05, 3.63) is 35.7 Å². The number of alkyl halides is 9. The number of halogens is 9. The first kappa shape index (κ1) is 27.5. The van der Waals surface area contributed by atoms with Crippen molar-refractivity contribution in [2.45, 2.75) is 29.7 Å². The number of pyridine rings is 1. The SMILES string of the molecule is CN(C)c1cc(C(=O)N2CCC=C(OS(=O)(=O)C(F)(F)C(F)(F)C(F)(F)C(F)(F)F)C2)ccn1. The monoisotopic (exact) mass is 529 g/mol. The standard InChI is InChI=1S/C17H16F9N3O4S/c1-28(2)12-8-10(5-6-27-12)13(30)29-7-3-4-11(9-29)33-34(31,32)17(25,26)15(20,21)14(18,19)16(22,23)24/h4-6,8H,3,7,9H2,1-2H3. The molecule has 0 bridgehead atoms. The molecule has 0 fully saturated rings. The van der Waals surface area contributed by atoms with E-state index in [9.17, 15) is 52.7 Å². The summed E-state index contributed by atoms with van der Waals surface area (Å²) < 4.78 is 145. The third-order valence-electron chi connectivity index (χ3n) is 4.50. The summed E-state index contributed by atoms with van der Waals surface area (Å²) in [5, 5.41) is -6.99. The van der Waals surface area contributed by atoms with Crippen LogP contribution in [0.4, 0.5) is 45.3 Å². The number of anilines is 1. The van der Waals surface area contributed by atoms with Gasteiger partial charge in [-0.1, -0.05) is 0 Å². The third kappa shape index (κ3) is 4.74. The molecule has 34 heavy (non-hydrogen) atoms. The van der Waals surface area contributed by atoms with Crippen LogP contribution in [0.1, 0.15) is 16.8 Å². The Hall–Kier alpha value is -2.72. The molecule has 1 aromatic heterocycles. The van der Waals surface area contributed by atoms with Crippen molar-refractivity contribution in [1.82, 2.24) is 9.88 Å². The van der Waals surface area contributed by atoms with Gasteiger partial charge in [0, 0.05) is 32.4 Å². The Bertz CT molecular complexity index is 1070. The molecule has 0 atom stereocenters. The second-order valence-electron chi connectivity index (χ2n) is 7.18. The van der Waals surface area contributed by atoms with E-state index in [2.05, 4.69) is 9.17 Å². The summed E-state index contributed by atoms with van der Waals surface area (Å²) in [6.07, 6.45) is -5.38. The van der Waals surface area contributed by atoms with E-state index in [-0.39, 0.29) is 18.5 Å². The molecule has 7 nitrogen and oxygen atoms in total. The van der Waals surface area contributed by atoms with Gasteiger partial charge in [-0.05, 0) is 24.6 Å². The molecule has 0 saturated heterocycles. The van der Waals surface area contributed by atoms with Gasteiger partial charge < -0.3 is 14.0 Å². The molecular formula is C17H16F9N3O4S. The lowest BCUT2D eigenvalue weighted by Crippen LogP contribution is -2.63. The number of amides is 1. The minimum Gasteiger partial charge on any atom is -0.381 e. The first-order valence-corrected chi connectivity index (χ1v) is 10.4. The van der Waals surface area contributed by atoms with E-state index in [1.165, 1.54) is 23.2 Å². The number of rotatable bonds is 7. The Morgan fingerprint density at radius 2 is 1.65 bits per heavy atom. The number of hydrogen-bond donors (Lipinski definition) is 0. The van der Waals surface area contributed by atoms with E-state index in [1.807, 2.05) is 0 Å². The first-order chi connectivity index (χ1) is 15.3. The Labute approximate surface area is 186 Å². The van der Waals surface area contributed by atoms with Crippen molar-refractivity contribution in [2.75, 3.05) is 32.1 Å². The zero-order valence-electron chi connectivity index (χ0n) is 17.2. The second-order valence-corrected chi connectivity index (χ2v) is 8.77. The van der Waals surface area contributed by atoms with Crippen molar-refractivity contribution in [3.8, 4) is 0 Å². The summed E-state index contributed by atoms with van der Waals surface area (Å²) in [6, 6.07) is 2.59. The van der Waals surface area contributed by atoms with Crippen molar-refractivity contribution < 1.29 is 56.9 Å². The first-order valence-electron chi connectivity index (χ1n) is 9.02. The summed E-state index contributed by atoms with van der Waals surface area (Å²) in [5.41, 5.74) is 0.0180. The predicted molar refractivity (Wildman–Crippen MR) is 98.1 cm³/mol. The molecular weight excluding hydrogens is 513 g/mol. The number of aromatic nitrogens is 1. The van der Waals surface area contributed by atoms with Gasteiger partial charge in [0.05, 0.1) is 6.54 Å². The van der Waals surface area contributed by atoms with Crippen LogP contribution in [0.2, 0.25) is 0 Å². The van der Waals surface area contributed by atoms with Crippen LogP contribution >= 0.6 is 0 Å². The highest BCUT2D eigenvalue weighted by Crippen LogP contribution is 2.55. The van der Waals surface area contributed by atoms with E-state index < -0.39 is 51.6 Å². The maximum Gasteiger partial charge on any atom is 0.460 e. The smallest absolute Gasteiger partial charge is 0.381 e. The zero-order valence-corrected chi connectivity index (χ0v) is 18.0. The fourth-order valence-electron chi connectivity index (χ4n) is 2.64. The van der Waals surface area contributed by atoms with Gasteiger partial charge in [-0.2, -0.15) is 47.9 Å². The lowest BCUT2D eigenvalue weighted by atomic mass is 10.1. The summed E-state index contributed by atoms with van der Waals surface area (Å²) in [4.78, 5) is 19.0. The van der Waals surface area contributed by atoms with Crippen LogP contribution in [-0.4, -0.2) is 74.7 Å². The summed E-state index contributed by atoms with van der Waals surface area (Å²) in [7, 11) is -3.87. The molecule has 17 heteroatoms. The Morgan fingerprint density at radius 3 is 2.18 bits per heavy atom. The van der Waals surface area contributed by atoms with Crippen LogP contribution in [0.5, 0.6) is 0 Å². The largest absolute Gasteiger partial charge is 0.460 e. The molecule has 0 aliphatic carbocycles. The summed E-state index contributed by atoms with van der Waals surface area (Å²) in [6.45, 7) is -0.987. The maximum atomic E-state index is 13.8. The van der Waals surface area contributed by atoms with E-state index in [4.69, 9.17) is 0 Å². The van der Waals surface area contributed by atoms with Crippen molar-refractivity contribution in [2.24, 2.45) is 0 Å². The van der Waals surface area contributed by atoms with Crippen LogP contribution in [0.15, 0.2) is 30.2 Å². The molecule has 0 N–H and O–H groups in total. The molecule has 192 valence electrons. The van der Waals surface area contributed by atoms with E-state index in [0.29, 0.717) is 5.82 Å². The van der Waals surface area contributed by atoms with Crippen LogP contribution in [0.3, 0.4) is 0 Å². The third-order valence-corrected chi connectivity index (χ3v) is 5.82. The molecule has 2 rings (SSSR count). The molecule has 0 aromatic carbocycles. The highest BCUT2D eigenvalue weighted by atomic mass is 32.2. The average molecular weight is 529 g/mol. The van der Waals surface area contributed by atoms with Gasteiger partial charge in [0.15, 0.2) is 0 Å². The van der Waals surface area contributed by atoms with Gasteiger partial charge in [-0.15, -0.1) is 0 Å². The fraction of sp³-hybridized carbons (Fsp3) is 0.529. The molecule has 1 aliphatic heterocycles. The normalized spacial score (nSPS) is 16.2. The Kier molecular flexibility index (Phi) is 7.13. The van der Waals surface area contributed by atoms with Gasteiger partial charge in [0.2, 0.25) is 0 Å². The number of carbonyl (C=O) groups excluding carboxylic acids is 1. The lowest BCUT2D eigenvalue weighted by molar-refractivity contribution is -0.382. The van der Waals surface area contributed by atoms with Gasteiger partial charge in [0.25, 0.3) is 5.91 Å². The molecule has 0 unspecified atom stereocenters. The maximum absolute atomic E-state index is 13.8. The molecule has 0 saturated carbocycles. The van der Waals surface area contributed by atoms with Crippen LogP contribution in [0, 0.1) is 0 Å². The molecule has 0 spiro atoms. The highest BCUT2D eigenvalue weighted by molar-refractivity contribution is 7.88. The number of carbonyl (C=O) groups is 1. The van der Waals surface area contributed by atoms with Crippen LogP contribution in [-0.2, 0) is 14.3 Å². The van der Waals surface area contributed by atoms with Gasteiger partial charge in [-0.3, -0.25) is 4.79 Å². The molecule has 2 heterocycles. The number of nitrogens with zero attached hydrogens (tertiary/aromatic N) is 3. The van der Waals surface area contributed by atoms with E-state index in [0.717, 1.165) is 11.0 Å². The molecule has 1 amide bonds. The van der Waals surface area contributed by atoms with Gasteiger partial charge in [-0.25, -0.2) is 4.98 Å². The van der Waals surface area contributed by atoms with Crippen molar-refractivity contribution in [1.29, 1.82) is 0 Å². The van der Waals surface area contributed by atoms with Crippen molar-refractivity contribution >= 4 is 21.8 Å². The zero-order chi connectivity index (χ0) is 26.3. The Balaban J connectivity index is 2.27. The van der Waals surface area contributed by atoms with Crippen LogP contribution < -0.4 is 4.90 Å². The minimum atomic E-state index is -7.42. The predicted octanol–water partition coefficient (Wildman–Crippen LogP) is 3.65. The fourth-order valence-corrected chi connectivity index (χ4v) is 3.59. The second kappa shape index (κ2) is 8.81. The summed E-state index contributed by atoms with van der Waals surface area (Å²) >= 11 is 0. The Morgan fingerprint density at radius 1 is 1.06 bits per heavy atom. The molecule has 1 aromatic rings. The summed E-state index contributed by atoms with van der Waals surface area (Å²) in [5.74, 6) is -16.3. The molecule has 0 radical (unpaired) electrons. The average Bonchev–Trinajstić information content (AvgIpc) is 2.71. The number of hydrogen-bond acceptors (Lipinski definition) is 6. The van der Waals surface area contributed by atoms with Crippen molar-refractivity contribution in [3.63, 3.8) is 0 Å². The van der Waals surface area contributed by atoms with Crippen LogP contribution in [0.25, 0.3) is 0 Å². The highest BCUT2D eigenvalue weighted by Gasteiger charge is 2.86. The van der Waals surface area contributed by atoms with E-state index >= 15 is 0 Å². The lowest BCUT2D eigenvalue weighted by Gasteiger charge is -2.33. The minimum absolute atomic E-state index is 0.0180. The topological polar surface area (TPSA) is 79.8 Å². The van der Waals surface area contributed by atoms with Gasteiger partial charge in [0.1, 0.15) is 11.6 Å². The quantitative estimate of drug-likeness (QED) is 0.397. The van der Waals surface area contributed by atoms with E-state index in [1.54, 1.807) is 14.1 Å². The van der Waals surface area contributed by atoms with Gasteiger partial charge >= 0.3 is 33.4 Å². The molecule has 1 aliphatic rings.